The smallest absolute Gasteiger partial charge is 0.131 e. The van der Waals surface area contributed by atoms with Crippen LogP contribution in [0.3, 0.4) is 0 Å². The van der Waals surface area contributed by atoms with Crippen molar-refractivity contribution in [2.24, 2.45) is 0 Å². The average Bonchev–Trinajstić information content (AvgIpc) is 2.75. The molecular formula is C12H12ClNOS. The molecule has 0 saturated carbocycles. The van der Waals surface area contributed by atoms with Crippen molar-refractivity contribution >= 4 is 22.9 Å². The minimum atomic E-state index is -0.677. The number of benzene rings is 1. The molecule has 0 aliphatic carbocycles. The average molecular weight is 254 g/mol. The molecule has 16 heavy (non-hydrogen) atoms. The highest BCUT2D eigenvalue weighted by molar-refractivity contribution is 7.15. The minimum Gasteiger partial charge on any atom is -0.381 e. The molecule has 0 saturated heterocycles. The fraction of sp³-hybridized carbons (Fsp3) is 0.250. The molecule has 0 aliphatic rings. The molecule has 84 valence electrons. The van der Waals surface area contributed by atoms with Crippen molar-refractivity contribution in [1.82, 2.24) is 4.98 Å². The van der Waals surface area contributed by atoms with Gasteiger partial charge in [0.25, 0.3) is 0 Å². The molecule has 2 rings (SSSR count). The van der Waals surface area contributed by atoms with Gasteiger partial charge in [0.2, 0.25) is 0 Å². The Labute approximate surface area is 104 Å². The van der Waals surface area contributed by atoms with Crippen LogP contribution in [-0.4, -0.2) is 10.1 Å². The molecule has 1 aromatic carbocycles. The molecule has 0 amide bonds. The van der Waals surface area contributed by atoms with Gasteiger partial charge in [-0.2, -0.15) is 0 Å². The van der Waals surface area contributed by atoms with Crippen LogP contribution in [-0.2, 0) is 6.42 Å². The number of thiazole rings is 1. The maximum Gasteiger partial charge on any atom is 0.131 e. The van der Waals surface area contributed by atoms with Gasteiger partial charge in [-0.05, 0) is 17.5 Å². The maximum absolute atomic E-state index is 10.1. The zero-order valence-corrected chi connectivity index (χ0v) is 10.4. The molecule has 0 aliphatic heterocycles. The standard InChI is InChI=1S/C12H12ClNOS/c1-2-8-4-3-5-9(6-8)11(15)12-14-7-10(13)16-12/h3-7,11,15H,2H2,1H3. The summed E-state index contributed by atoms with van der Waals surface area (Å²) in [5.41, 5.74) is 2.07. The molecule has 1 N–H and O–H groups in total. The Kier molecular flexibility index (Phi) is 3.59. The summed E-state index contributed by atoms with van der Waals surface area (Å²) in [6.07, 6.45) is 1.84. The van der Waals surface area contributed by atoms with Crippen molar-refractivity contribution in [2.75, 3.05) is 0 Å². The fourth-order valence-electron chi connectivity index (χ4n) is 1.52. The molecule has 4 heteroatoms. The Morgan fingerprint density at radius 1 is 1.50 bits per heavy atom. The second-order valence-electron chi connectivity index (χ2n) is 3.50. The zero-order valence-electron chi connectivity index (χ0n) is 8.85. The van der Waals surface area contributed by atoms with Crippen molar-refractivity contribution in [3.8, 4) is 0 Å². The summed E-state index contributed by atoms with van der Waals surface area (Å²) >= 11 is 7.10. The van der Waals surface area contributed by atoms with Crippen LogP contribution in [0.25, 0.3) is 0 Å². The summed E-state index contributed by atoms with van der Waals surface area (Å²) in [6.45, 7) is 2.09. The molecule has 0 spiro atoms. The maximum atomic E-state index is 10.1. The van der Waals surface area contributed by atoms with Gasteiger partial charge in [-0.3, -0.25) is 0 Å². The lowest BCUT2D eigenvalue weighted by Crippen LogP contribution is -1.99. The summed E-state index contributed by atoms with van der Waals surface area (Å²) in [4.78, 5) is 4.08. The molecular weight excluding hydrogens is 242 g/mol. The van der Waals surface area contributed by atoms with E-state index in [0.717, 1.165) is 12.0 Å². The van der Waals surface area contributed by atoms with E-state index in [1.807, 2.05) is 24.3 Å². The molecule has 0 fully saturated rings. The minimum absolute atomic E-state index is 0.598. The van der Waals surface area contributed by atoms with Crippen LogP contribution < -0.4 is 0 Å². The van der Waals surface area contributed by atoms with Crippen LogP contribution in [0.15, 0.2) is 30.5 Å². The van der Waals surface area contributed by atoms with E-state index in [-0.39, 0.29) is 0 Å². The lowest BCUT2D eigenvalue weighted by molar-refractivity contribution is 0.219. The van der Waals surface area contributed by atoms with E-state index in [4.69, 9.17) is 11.6 Å². The van der Waals surface area contributed by atoms with Gasteiger partial charge < -0.3 is 5.11 Å². The van der Waals surface area contributed by atoms with Crippen LogP contribution in [0, 0.1) is 0 Å². The normalized spacial score (nSPS) is 12.7. The Morgan fingerprint density at radius 2 is 2.31 bits per heavy atom. The first-order valence-electron chi connectivity index (χ1n) is 5.09. The number of aryl methyl sites for hydroxylation is 1. The van der Waals surface area contributed by atoms with E-state index >= 15 is 0 Å². The number of aliphatic hydroxyl groups excluding tert-OH is 1. The number of hydrogen-bond donors (Lipinski definition) is 1. The molecule has 0 bridgehead atoms. The van der Waals surface area contributed by atoms with Crippen molar-refractivity contribution in [2.45, 2.75) is 19.4 Å². The number of aromatic nitrogens is 1. The number of aliphatic hydroxyl groups is 1. The lowest BCUT2D eigenvalue weighted by Gasteiger charge is -2.08. The third-order valence-electron chi connectivity index (χ3n) is 2.40. The van der Waals surface area contributed by atoms with Crippen molar-refractivity contribution in [3.05, 3.63) is 50.9 Å². The van der Waals surface area contributed by atoms with Crippen LogP contribution in [0.1, 0.15) is 29.2 Å². The lowest BCUT2D eigenvalue weighted by atomic mass is 10.1. The highest BCUT2D eigenvalue weighted by Crippen LogP contribution is 2.28. The zero-order chi connectivity index (χ0) is 11.5. The number of rotatable bonds is 3. The molecule has 1 aromatic heterocycles. The first kappa shape index (κ1) is 11.6. The third-order valence-corrected chi connectivity index (χ3v) is 3.57. The molecule has 1 atom stereocenters. The molecule has 1 heterocycles. The number of halogens is 1. The highest BCUT2D eigenvalue weighted by atomic mass is 35.5. The van der Waals surface area contributed by atoms with Crippen molar-refractivity contribution in [1.29, 1.82) is 0 Å². The molecule has 1 unspecified atom stereocenters. The Hall–Kier alpha value is -0.900. The van der Waals surface area contributed by atoms with E-state index in [1.54, 1.807) is 6.20 Å². The highest BCUT2D eigenvalue weighted by Gasteiger charge is 2.14. The summed E-state index contributed by atoms with van der Waals surface area (Å²) in [7, 11) is 0. The largest absolute Gasteiger partial charge is 0.381 e. The van der Waals surface area contributed by atoms with Gasteiger partial charge in [0, 0.05) is 0 Å². The van der Waals surface area contributed by atoms with Crippen molar-refractivity contribution < 1.29 is 5.11 Å². The summed E-state index contributed by atoms with van der Waals surface area (Å²) in [6, 6.07) is 7.90. The number of hydrogen-bond acceptors (Lipinski definition) is 3. The van der Waals surface area contributed by atoms with Crippen molar-refractivity contribution in [3.63, 3.8) is 0 Å². The first-order chi connectivity index (χ1) is 7.70. The SMILES string of the molecule is CCc1cccc(C(O)c2ncc(Cl)s2)c1. The Bertz CT molecular complexity index is 483. The second kappa shape index (κ2) is 4.95. The fourth-order valence-corrected chi connectivity index (χ4v) is 2.46. The van der Waals surface area contributed by atoms with Gasteiger partial charge in [-0.15, -0.1) is 11.3 Å². The quantitative estimate of drug-likeness (QED) is 0.909. The predicted molar refractivity (Wildman–Crippen MR) is 67.0 cm³/mol. The molecule has 0 radical (unpaired) electrons. The van der Waals surface area contributed by atoms with Crippen LogP contribution in [0.4, 0.5) is 0 Å². The monoisotopic (exact) mass is 253 g/mol. The summed E-state index contributed by atoms with van der Waals surface area (Å²) < 4.78 is 0.598. The topological polar surface area (TPSA) is 33.1 Å². The Morgan fingerprint density at radius 3 is 2.94 bits per heavy atom. The Balaban J connectivity index is 2.29. The van der Waals surface area contributed by atoms with Crippen LogP contribution >= 0.6 is 22.9 Å². The van der Waals surface area contributed by atoms with Gasteiger partial charge in [-0.1, -0.05) is 42.8 Å². The van der Waals surface area contributed by atoms with E-state index in [0.29, 0.717) is 9.34 Å². The van der Waals surface area contributed by atoms with E-state index in [9.17, 15) is 5.11 Å². The summed E-state index contributed by atoms with van der Waals surface area (Å²) in [5, 5.41) is 10.8. The predicted octanol–water partition coefficient (Wildman–Crippen LogP) is 3.44. The first-order valence-corrected chi connectivity index (χ1v) is 6.28. The summed E-state index contributed by atoms with van der Waals surface area (Å²) in [5.74, 6) is 0. The van der Waals surface area contributed by atoms with E-state index in [1.165, 1.54) is 16.9 Å². The van der Waals surface area contributed by atoms with Crippen LogP contribution in [0.5, 0.6) is 0 Å². The van der Waals surface area contributed by atoms with Gasteiger partial charge >= 0.3 is 0 Å². The van der Waals surface area contributed by atoms with Gasteiger partial charge in [0.1, 0.15) is 15.4 Å². The second-order valence-corrected chi connectivity index (χ2v) is 5.20. The molecule has 2 aromatic rings. The van der Waals surface area contributed by atoms with Gasteiger partial charge in [0.05, 0.1) is 6.20 Å². The van der Waals surface area contributed by atoms with Crippen LogP contribution in [0.2, 0.25) is 4.34 Å². The van der Waals surface area contributed by atoms with Gasteiger partial charge in [-0.25, -0.2) is 4.98 Å². The third kappa shape index (κ3) is 2.43. The van der Waals surface area contributed by atoms with E-state index < -0.39 is 6.10 Å². The molecule has 2 nitrogen and oxygen atoms in total. The van der Waals surface area contributed by atoms with Gasteiger partial charge in [0.15, 0.2) is 0 Å². The van der Waals surface area contributed by atoms with E-state index in [2.05, 4.69) is 11.9 Å². The number of nitrogens with zero attached hydrogens (tertiary/aromatic N) is 1.